The molecule has 128 valence electrons. The van der Waals surface area contributed by atoms with Crippen molar-refractivity contribution in [1.29, 1.82) is 0 Å². The highest BCUT2D eigenvalue weighted by Crippen LogP contribution is 2.32. The number of rotatable bonds is 4. The Hall–Kier alpha value is -2.39. The van der Waals surface area contributed by atoms with Crippen molar-refractivity contribution < 1.29 is 17.9 Å². The number of ether oxygens (including phenoxy) is 1. The molecule has 1 aromatic heterocycles. The van der Waals surface area contributed by atoms with Crippen molar-refractivity contribution in [2.75, 3.05) is 18.5 Å². The second kappa shape index (κ2) is 5.91. The van der Waals surface area contributed by atoms with Crippen LogP contribution in [0.4, 0.5) is 5.69 Å². The summed E-state index contributed by atoms with van der Waals surface area (Å²) < 4.78 is 33.0. The SMILES string of the molecule is Cc1n[nH]c(C)c1S(=O)(=O)NCC1Oc2ccccc2N(C)C1=O. The minimum Gasteiger partial charge on any atom is -0.477 e. The van der Waals surface area contributed by atoms with E-state index in [2.05, 4.69) is 14.9 Å². The number of amides is 1. The van der Waals surface area contributed by atoms with Gasteiger partial charge >= 0.3 is 0 Å². The van der Waals surface area contributed by atoms with Crippen LogP contribution in [-0.4, -0.2) is 44.2 Å². The Morgan fingerprint density at radius 1 is 1.33 bits per heavy atom. The number of aromatic amines is 1. The Morgan fingerprint density at radius 3 is 2.71 bits per heavy atom. The lowest BCUT2D eigenvalue weighted by Gasteiger charge is -2.31. The molecule has 9 heteroatoms. The summed E-state index contributed by atoms with van der Waals surface area (Å²) in [6.45, 7) is 3.06. The molecule has 1 atom stereocenters. The molecular formula is C15H18N4O4S. The number of para-hydroxylation sites is 2. The number of aryl methyl sites for hydroxylation is 2. The summed E-state index contributed by atoms with van der Waals surface area (Å²) in [4.78, 5) is 13.9. The third-order valence-electron chi connectivity index (χ3n) is 3.89. The monoisotopic (exact) mass is 350 g/mol. The number of nitrogens with zero attached hydrogens (tertiary/aromatic N) is 2. The lowest BCUT2D eigenvalue weighted by molar-refractivity contribution is -0.125. The van der Waals surface area contributed by atoms with Gasteiger partial charge in [-0.2, -0.15) is 5.10 Å². The van der Waals surface area contributed by atoms with E-state index in [4.69, 9.17) is 4.74 Å². The second-order valence-electron chi connectivity index (χ2n) is 5.59. The zero-order valence-corrected chi connectivity index (χ0v) is 14.3. The summed E-state index contributed by atoms with van der Waals surface area (Å²) in [5.41, 5.74) is 1.47. The van der Waals surface area contributed by atoms with Gasteiger partial charge in [0.05, 0.1) is 23.6 Å². The van der Waals surface area contributed by atoms with E-state index < -0.39 is 16.1 Å². The minimum absolute atomic E-state index is 0.0968. The molecule has 8 nitrogen and oxygen atoms in total. The Labute approximate surface area is 139 Å². The molecule has 1 unspecified atom stereocenters. The number of benzene rings is 1. The number of aromatic nitrogens is 2. The van der Waals surface area contributed by atoms with Gasteiger partial charge in [-0.1, -0.05) is 12.1 Å². The van der Waals surface area contributed by atoms with E-state index in [0.717, 1.165) is 0 Å². The van der Waals surface area contributed by atoms with Gasteiger partial charge in [0.1, 0.15) is 10.6 Å². The molecule has 1 aliphatic heterocycles. The minimum atomic E-state index is -3.79. The van der Waals surface area contributed by atoms with Crippen LogP contribution in [0.2, 0.25) is 0 Å². The first-order valence-electron chi connectivity index (χ1n) is 7.36. The maximum atomic E-state index is 12.5. The zero-order valence-electron chi connectivity index (χ0n) is 13.5. The molecule has 2 N–H and O–H groups in total. The summed E-state index contributed by atoms with van der Waals surface area (Å²) in [6.07, 6.45) is -0.924. The van der Waals surface area contributed by atoms with Gasteiger partial charge < -0.3 is 9.64 Å². The molecule has 0 saturated carbocycles. The Balaban J connectivity index is 1.79. The predicted octanol–water partition coefficient (Wildman–Crippen LogP) is 0.729. The van der Waals surface area contributed by atoms with Gasteiger partial charge in [-0.05, 0) is 26.0 Å². The number of hydrogen-bond donors (Lipinski definition) is 2. The van der Waals surface area contributed by atoms with E-state index in [-0.39, 0.29) is 17.3 Å². The molecule has 0 aliphatic carbocycles. The number of likely N-dealkylation sites (N-methyl/N-ethyl adjacent to an activating group) is 1. The molecule has 0 radical (unpaired) electrons. The van der Waals surface area contributed by atoms with Crippen LogP contribution in [0.15, 0.2) is 29.2 Å². The number of H-pyrrole nitrogens is 1. The molecule has 0 fully saturated rings. The molecule has 1 aliphatic rings. The molecular weight excluding hydrogens is 332 g/mol. The molecule has 0 saturated heterocycles. The highest BCUT2D eigenvalue weighted by Gasteiger charge is 2.33. The quantitative estimate of drug-likeness (QED) is 0.846. The van der Waals surface area contributed by atoms with Crippen LogP contribution >= 0.6 is 0 Å². The maximum absolute atomic E-state index is 12.5. The van der Waals surface area contributed by atoms with Crippen LogP contribution in [0.25, 0.3) is 0 Å². The number of hydrogen-bond acceptors (Lipinski definition) is 5. The highest BCUT2D eigenvalue weighted by molar-refractivity contribution is 7.89. The summed E-state index contributed by atoms with van der Waals surface area (Å²) in [6, 6.07) is 7.11. The van der Waals surface area contributed by atoms with E-state index in [1.54, 1.807) is 45.2 Å². The number of fused-ring (bicyclic) bond motifs is 1. The van der Waals surface area contributed by atoms with Gasteiger partial charge in [-0.15, -0.1) is 0 Å². The third kappa shape index (κ3) is 2.76. The molecule has 24 heavy (non-hydrogen) atoms. The van der Waals surface area contributed by atoms with E-state index in [1.165, 1.54) is 4.90 Å². The van der Waals surface area contributed by atoms with Crippen LogP contribution in [0.3, 0.4) is 0 Å². The summed E-state index contributed by atoms with van der Waals surface area (Å²) in [5, 5.41) is 6.52. The van der Waals surface area contributed by atoms with Crippen molar-refractivity contribution in [2.45, 2.75) is 24.8 Å². The van der Waals surface area contributed by atoms with Crippen molar-refractivity contribution in [3.63, 3.8) is 0 Å². The number of anilines is 1. The van der Waals surface area contributed by atoms with Gasteiger partial charge in [0.15, 0.2) is 6.10 Å². The van der Waals surface area contributed by atoms with Crippen LogP contribution in [0.1, 0.15) is 11.4 Å². The third-order valence-corrected chi connectivity index (χ3v) is 5.58. The predicted molar refractivity (Wildman–Crippen MR) is 87.5 cm³/mol. The fourth-order valence-electron chi connectivity index (χ4n) is 2.70. The Bertz CT molecular complexity index is 871. The van der Waals surface area contributed by atoms with Crippen LogP contribution in [0.5, 0.6) is 5.75 Å². The standard InChI is InChI=1S/C15H18N4O4S/c1-9-14(10(2)18-17-9)24(21,22)16-8-13-15(20)19(3)11-6-4-5-7-12(11)23-13/h4-7,13,16H,8H2,1-3H3,(H,17,18). The second-order valence-corrected chi connectivity index (χ2v) is 7.29. The fourth-order valence-corrected chi connectivity index (χ4v) is 4.09. The van der Waals surface area contributed by atoms with Crippen molar-refractivity contribution in [1.82, 2.24) is 14.9 Å². The van der Waals surface area contributed by atoms with Gasteiger partial charge in [0.2, 0.25) is 10.0 Å². The van der Waals surface area contributed by atoms with E-state index in [0.29, 0.717) is 22.8 Å². The smallest absolute Gasteiger partial charge is 0.269 e. The number of carbonyl (C=O) groups is 1. The van der Waals surface area contributed by atoms with Gasteiger partial charge in [0, 0.05) is 7.05 Å². The zero-order chi connectivity index (χ0) is 17.5. The van der Waals surface area contributed by atoms with Gasteiger partial charge in [-0.25, -0.2) is 13.1 Å². The molecule has 1 amide bonds. The number of sulfonamides is 1. The average Bonchev–Trinajstić information content (AvgIpc) is 2.89. The largest absolute Gasteiger partial charge is 0.477 e. The van der Waals surface area contributed by atoms with Crippen molar-refractivity contribution in [2.24, 2.45) is 0 Å². The summed E-state index contributed by atoms with van der Waals surface area (Å²) >= 11 is 0. The summed E-state index contributed by atoms with van der Waals surface area (Å²) in [7, 11) is -2.16. The van der Waals surface area contributed by atoms with Gasteiger partial charge in [-0.3, -0.25) is 9.89 Å². The Morgan fingerprint density at radius 2 is 2.04 bits per heavy atom. The molecule has 2 aromatic rings. The normalized spacial score (nSPS) is 17.5. The lowest BCUT2D eigenvalue weighted by Crippen LogP contribution is -2.49. The lowest BCUT2D eigenvalue weighted by atomic mass is 10.2. The first-order valence-corrected chi connectivity index (χ1v) is 8.84. The molecule has 3 rings (SSSR count). The summed E-state index contributed by atoms with van der Waals surface area (Å²) in [5.74, 6) is 0.233. The van der Waals surface area contributed by atoms with E-state index in [9.17, 15) is 13.2 Å². The van der Waals surface area contributed by atoms with Crippen LogP contribution < -0.4 is 14.4 Å². The van der Waals surface area contributed by atoms with E-state index >= 15 is 0 Å². The number of carbonyl (C=O) groups excluding carboxylic acids is 1. The van der Waals surface area contributed by atoms with Crippen LogP contribution in [-0.2, 0) is 14.8 Å². The van der Waals surface area contributed by atoms with Crippen LogP contribution in [0, 0.1) is 13.8 Å². The first kappa shape index (κ1) is 16.5. The fraction of sp³-hybridized carbons (Fsp3) is 0.333. The average molecular weight is 350 g/mol. The Kier molecular flexibility index (Phi) is 4.06. The molecule has 0 spiro atoms. The molecule has 0 bridgehead atoms. The number of nitrogens with one attached hydrogen (secondary N) is 2. The maximum Gasteiger partial charge on any atom is 0.269 e. The van der Waals surface area contributed by atoms with Crippen molar-refractivity contribution >= 4 is 21.6 Å². The highest BCUT2D eigenvalue weighted by atomic mass is 32.2. The van der Waals surface area contributed by atoms with Crippen molar-refractivity contribution in [3.05, 3.63) is 35.7 Å². The molecule has 2 heterocycles. The van der Waals surface area contributed by atoms with Crippen molar-refractivity contribution in [3.8, 4) is 5.75 Å². The molecule has 1 aromatic carbocycles. The van der Waals surface area contributed by atoms with Gasteiger partial charge in [0.25, 0.3) is 5.91 Å². The van der Waals surface area contributed by atoms with E-state index in [1.807, 2.05) is 0 Å². The topological polar surface area (TPSA) is 104 Å². The first-order chi connectivity index (χ1) is 11.3.